The molecule has 2 aromatic carbocycles. The third kappa shape index (κ3) is 6.50. The molecule has 0 spiro atoms. The summed E-state index contributed by atoms with van der Waals surface area (Å²) >= 11 is 1.43. The van der Waals surface area contributed by atoms with Gasteiger partial charge in [-0.05, 0) is 68.3 Å². The van der Waals surface area contributed by atoms with E-state index in [2.05, 4.69) is 15.2 Å². The molecule has 2 heterocycles. The van der Waals surface area contributed by atoms with Crippen LogP contribution in [0.2, 0.25) is 0 Å². The second-order valence-electron chi connectivity index (χ2n) is 8.07. The average molecular weight is 480 g/mol. The van der Waals surface area contributed by atoms with Crippen molar-refractivity contribution in [2.45, 2.75) is 19.8 Å². The summed E-state index contributed by atoms with van der Waals surface area (Å²) in [6.07, 6.45) is 4.97. The Morgan fingerprint density at radius 3 is 2.82 bits per heavy atom. The standard InChI is InChI=1S/C26H29N3O4S/c1-2-6-22(30)19-10-11-23(20(17-19)7-5-12-29-13-15-32-16-14-29)33-18-25(31)28-26-27-21-8-3-4-9-24(21)34-26/h2-4,6,8-11,17H,5,7,12-16,18H2,1H3,(H,27,28,31)/b6-2+. The van der Waals surface area contributed by atoms with Crippen LogP contribution in [0.1, 0.15) is 29.3 Å². The molecular formula is C26H29N3O4S. The summed E-state index contributed by atoms with van der Waals surface area (Å²) in [6.45, 7) is 6.06. The van der Waals surface area contributed by atoms with Gasteiger partial charge in [0.25, 0.3) is 5.91 Å². The fraction of sp³-hybridized carbons (Fsp3) is 0.346. The number of nitrogens with one attached hydrogen (secondary N) is 1. The van der Waals surface area contributed by atoms with Crippen LogP contribution in [0, 0.1) is 0 Å². The summed E-state index contributed by atoms with van der Waals surface area (Å²) in [7, 11) is 0. The number of thiazole rings is 1. The van der Waals surface area contributed by atoms with Crippen molar-refractivity contribution in [3.8, 4) is 5.75 Å². The smallest absolute Gasteiger partial charge is 0.264 e. The van der Waals surface area contributed by atoms with Gasteiger partial charge in [0.15, 0.2) is 17.5 Å². The third-order valence-corrected chi connectivity index (χ3v) is 6.54. The van der Waals surface area contributed by atoms with Crippen molar-refractivity contribution in [3.63, 3.8) is 0 Å². The fourth-order valence-corrected chi connectivity index (χ4v) is 4.74. The molecule has 1 N–H and O–H groups in total. The van der Waals surface area contributed by atoms with Crippen LogP contribution in [0.4, 0.5) is 5.13 Å². The average Bonchev–Trinajstić information content (AvgIpc) is 3.26. The first-order valence-corrected chi connectivity index (χ1v) is 12.3. The van der Waals surface area contributed by atoms with Gasteiger partial charge in [-0.3, -0.25) is 19.8 Å². The van der Waals surface area contributed by atoms with Crippen LogP contribution in [-0.4, -0.2) is 61.0 Å². The molecule has 3 aromatic rings. The van der Waals surface area contributed by atoms with E-state index in [0.29, 0.717) is 16.4 Å². The lowest BCUT2D eigenvalue weighted by molar-refractivity contribution is -0.118. The number of ether oxygens (including phenoxy) is 2. The highest BCUT2D eigenvalue weighted by atomic mass is 32.1. The highest BCUT2D eigenvalue weighted by molar-refractivity contribution is 7.22. The van der Waals surface area contributed by atoms with Crippen molar-refractivity contribution in [2.24, 2.45) is 0 Å². The monoisotopic (exact) mass is 479 g/mol. The number of rotatable bonds is 10. The molecule has 4 rings (SSSR count). The predicted molar refractivity (Wildman–Crippen MR) is 135 cm³/mol. The molecule has 8 heteroatoms. The van der Waals surface area contributed by atoms with Gasteiger partial charge < -0.3 is 9.47 Å². The number of carbonyl (C=O) groups is 2. The van der Waals surface area contributed by atoms with Gasteiger partial charge in [-0.15, -0.1) is 0 Å². The minimum atomic E-state index is -0.271. The Morgan fingerprint density at radius 2 is 2.03 bits per heavy atom. The summed E-state index contributed by atoms with van der Waals surface area (Å²) < 4.78 is 12.3. The third-order valence-electron chi connectivity index (χ3n) is 5.59. The number of hydrogen-bond donors (Lipinski definition) is 1. The molecule has 178 valence electrons. The largest absolute Gasteiger partial charge is 0.483 e. The lowest BCUT2D eigenvalue weighted by Crippen LogP contribution is -2.36. The van der Waals surface area contributed by atoms with E-state index >= 15 is 0 Å². The summed E-state index contributed by atoms with van der Waals surface area (Å²) in [5.41, 5.74) is 2.40. The molecule has 0 aliphatic carbocycles. The summed E-state index contributed by atoms with van der Waals surface area (Å²) in [6, 6.07) is 13.2. The van der Waals surface area contributed by atoms with Gasteiger partial charge >= 0.3 is 0 Å². The molecule has 7 nitrogen and oxygen atoms in total. The summed E-state index contributed by atoms with van der Waals surface area (Å²) in [5.74, 6) is 0.308. The Bertz CT molecular complexity index is 1130. The Balaban J connectivity index is 1.39. The predicted octanol–water partition coefficient (Wildman–Crippen LogP) is 4.34. The van der Waals surface area contributed by atoms with E-state index in [0.717, 1.165) is 61.5 Å². The Morgan fingerprint density at radius 1 is 1.21 bits per heavy atom. The van der Waals surface area contributed by atoms with Crippen molar-refractivity contribution in [3.05, 3.63) is 65.7 Å². The van der Waals surface area contributed by atoms with Crippen LogP contribution in [0.15, 0.2) is 54.6 Å². The number of anilines is 1. The second-order valence-corrected chi connectivity index (χ2v) is 9.10. The highest BCUT2D eigenvalue weighted by Crippen LogP contribution is 2.26. The number of carbonyl (C=O) groups excluding carboxylic acids is 2. The van der Waals surface area contributed by atoms with E-state index in [1.54, 1.807) is 24.3 Å². The van der Waals surface area contributed by atoms with Crippen LogP contribution in [0.5, 0.6) is 5.75 Å². The number of nitrogens with zero attached hydrogens (tertiary/aromatic N) is 2. The molecule has 34 heavy (non-hydrogen) atoms. The number of hydrogen-bond acceptors (Lipinski definition) is 7. The zero-order chi connectivity index (χ0) is 23.8. The first kappa shape index (κ1) is 24.1. The molecule has 0 atom stereocenters. The Kier molecular flexibility index (Phi) is 8.41. The number of aromatic nitrogens is 1. The maximum Gasteiger partial charge on any atom is 0.264 e. The summed E-state index contributed by atoms with van der Waals surface area (Å²) in [4.78, 5) is 31.7. The first-order valence-electron chi connectivity index (χ1n) is 11.5. The quantitative estimate of drug-likeness (QED) is 0.344. The number of allylic oxidation sites excluding steroid dienone is 2. The lowest BCUT2D eigenvalue weighted by Gasteiger charge is -2.26. The number of ketones is 1. The van der Waals surface area contributed by atoms with Crippen molar-refractivity contribution >= 4 is 38.4 Å². The second kappa shape index (κ2) is 11.9. The normalized spacial score (nSPS) is 14.5. The van der Waals surface area contributed by atoms with Gasteiger partial charge in [0.1, 0.15) is 5.75 Å². The van der Waals surface area contributed by atoms with Gasteiger partial charge in [-0.2, -0.15) is 0 Å². The Labute approximate surface area is 203 Å². The van der Waals surface area contributed by atoms with E-state index in [1.807, 2.05) is 37.3 Å². The fourth-order valence-electron chi connectivity index (χ4n) is 3.86. The molecule has 0 saturated carbocycles. The van der Waals surface area contributed by atoms with Crippen molar-refractivity contribution < 1.29 is 19.1 Å². The Hall–Kier alpha value is -3.07. The number of para-hydroxylation sites is 1. The van der Waals surface area contributed by atoms with E-state index in [-0.39, 0.29) is 18.3 Å². The van der Waals surface area contributed by atoms with Crippen LogP contribution >= 0.6 is 11.3 Å². The molecule has 1 fully saturated rings. The number of aryl methyl sites for hydroxylation is 1. The van der Waals surface area contributed by atoms with Crippen LogP contribution in [0.25, 0.3) is 10.2 Å². The van der Waals surface area contributed by atoms with Crippen molar-refractivity contribution in [2.75, 3.05) is 44.8 Å². The number of morpholine rings is 1. The van der Waals surface area contributed by atoms with Crippen molar-refractivity contribution in [1.29, 1.82) is 0 Å². The molecule has 1 amide bonds. The minimum absolute atomic E-state index is 0.0444. The van der Waals surface area contributed by atoms with Gasteiger partial charge in [0.05, 0.1) is 23.4 Å². The SMILES string of the molecule is C/C=C/C(=O)c1ccc(OCC(=O)Nc2nc3ccccc3s2)c(CCCN2CCOCC2)c1. The van der Waals surface area contributed by atoms with Crippen molar-refractivity contribution in [1.82, 2.24) is 9.88 Å². The molecule has 0 bridgehead atoms. The topological polar surface area (TPSA) is 80.8 Å². The molecule has 0 radical (unpaired) electrons. The van der Waals surface area contributed by atoms with Gasteiger partial charge in [-0.25, -0.2) is 4.98 Å². The summed E-state index contributed by atoms with van der Waals surface area (Å²) in [5, 5.41) is 3.36. The minimum Gasteiger partial charge on any atom is -0.483 e. The molecule has 1 aliphatic heterocycles. The molecular weight excluding hydrogens is 450 g/mol. The number of fused-ring (bicyclic) bond motifs is 1. The van der Waals surface area contributed by atoms with Crippen LogP contribution in [-0.2, 0) is 16.0 Å². The highest BCUT2D eigenvalue weighted by Gasteiger charge is 2.14. The molecule has 1 saturated heterocycles. The maximum absolute atomic E-state index is 12.5. The lowest BCUT2D eigenvalue weighted by atomic mass is 10.0. The van der Waals surface area contributed by atoms with E-state index in [9.17, 15) is 9.59 Å². The van der Waals surface area contributed by atoms with Gasteiger partial charge in [0, 0.05) is 18.7 Å². The van der Waals surface area contributed by atoms with Gasteiger partial charge in [0.2, 0.25) is 0 Å². The molecule has 1 aromatic heterocycles. The first-order chi connectivity index (χ1) is 16.6. The van der Waals surface area contributed by atoms with E-state index in [4.69, 9.17) is 9.47 Å². The van der Waals surface area contributed by atoms with E-state index in [1.165, 1.54) is 11.3 Å². The van der Waals surface area contributed by atoms with E-state index < -0.39 is 0 Å². The molecule has 1 aliphatic rings. The maximum atomic E-state index is 12.5. The number of benzene rings is 2. The van der Waals surface area contributed by atoms with Crippen LogP contribution < -0.4 is 10.1 Å². The number of amides is 1. The molecule has 0 unspecified atom stereocenters. The van der Waals surface area contributed by atoms with Crippen LogP contribution in [0.3, 0.4) is 0 Å². The van der Waals surface area contributed by atoms with Gasteiger partial charge in [-0.1, -0.05) is 29.5 Å². The zero-order valence-corrected chi connectivity index (χ0v) is 20.1. The zero-order valence-electron chi connectivity index (χ0n) is 19.3.